The average Bonchev–Trinajstić information content (AvgIpc) is 2.33. The highest BCUT2D eigenvalue weighted by molar-refractivity contribution is 9.10. The van der Waals surface area contributed by atoms with E-state index in [0.717, 1.165) is 10.0 Å². The molecule has 1 atom stereocenters. The van der Waals surface area contributed by atoms with Gasteiger partial charge in [-0.05, 0) is 53.9 Å². The molecule has 1 aromatic carbocycles. The van der Waals surface area contributed by atoms with Crippen molar-refractivity contribution in [1.29, 1.82) is 0 Å². The number of amides is 2. The Morgan fingerprint density at radius 3 is 2.72 bits per heavy atom. The topological polar surface area (TPSA) is 61.4 Å². The first-order valence-electron chi connectivity index (χ1n) is 5.86. The van der Waals surface area contributed by atoms with Gasteiger partial charge in [0, 0.05) is 4.47 Å². The van der Waals surface area contributed by atoms with Gasteiger partial charge in [0.2, 0.25) is 0 Å². The first kappa shape index (κ1) is 15.0. The zero-order chi connectivity index (χ0) is 13.8. The number of nitrogens with one attached hydrogen (secondary N) is 2. The normalized spacial score (nSPS) is 13.8. The maximum atomic E-state index is 11.9. The van der Waals surface area contributed by atoms with E-state index in [1.165, 1.54) is 0 Å². The summed E-state index contributed by atoms with van der Waals surface area (Å²) in [6.07, 6.45) is 0.659. The second kappa shape index (κ2) is 6.20. The zero-order valence-electron chi connectivity index (χ0n) is 10.9. The predicted octanol–water partition coefficient (Wildman–Crippen LogP) is 3.04. The van der Waals surface area contributed by atoms with Gasteiger partial charge in [-0.25, -0.2) is 4.79 Å². The second-order valence-electron chi connectivity index (χ2n) is 4.63. The highest BCUT2D eigenvalue weighted by Crippen LogP contribution is 2.23. The van der Waals surface area contributed by atoms with E-state index in [2.05, 4.69) is 26.6 Å². The molecule has 1 rings (SSSR count). The van der Waals surface area contributed by atoms with Gasteiger partial charge in [0.15, 0.2) is 0 Å². The number of aliphatic hydroxyl groups excluding tert-OH is 1. The summed E-state index contributed by atoms with van der Waals surface area (Å²) in [5.41, 5.74) is 1.18. The first-order valence-corrected chi connectivity index (χ1v) is 6.65. The van der Waals surface area contributed by atoms with Gasteiger partial charge in [0.25, 0.3) is 0 Å². The molecule has 0 aromatic heterocycles. The number of hydrogen-bond donors (Lipinski definition) is 3. The van der Waals surface area contributed by atoms with Crippen LogP contribution in [0.5, 0.6) is 0 Å². The van der Waals surface area contributed by atoms with E-state index >= 15 is 0 Å². The van der Waals surface area contributed by atoms with Crippen molar-refractivity contribution < 1.29 is 9.90 Å². The van der Waals surface area contributed by atoms with Crippen LogP contribution in [-0.4, -0.2) is 23.3 Å². The van der Waals surface area contributed by atoms with Gasteiger partial charge in [-0.2, -0.15) is 0 Å². The van der Waals surface area contributed by atoms with E-state index in [-0.39, 0.29) is 12.6 Å². The predicted molar refractivity (Wildman–Crippen MR) is 76.8 cm³/mol. The maximum absolute atomic E-state index is 11.9. The Kier molecular flexibility index (Phi) is 5.16. The minimum Gasteiger partial charge on any atom is -0.394 e. The van der Waals surface area contributed by atoms with Gasteiger partial charge in [0.1, 0.15) is 0 Å². The molecule has 0 heterocycles. The van der Waals surface area contributed by atoms with Crippen molar-refractivity contribution >= 4 is 27.6 Å². The van der Waals surface area contributed by atoms with Crippen molar-refractivity contribution in [1.82, 2.24) is 5.32 Å². The molecule has 0 aliphatic carbocycles. The monoisotopic (exact) mass is 314 g/mol. The smallest absolute Gasteiger partial charge is 0.319 e. The van der Waals surface area contributed by atoms with E-state index in [1.807, 2.05) is 32.0 Å². The Morgan fingerprint density at radius 1 is 1.50 bits per heavy atom. The number of urea groups is 1. The Labute approximate surface area is 116 Å². The number of aliphatic hydroxyl groups is 1. The molecule has 0 aliphatic heterocycles. The standard InChI is InChI=1S/C13H19BrN2O2/c1-4-13(3,8-17)16-12(18)15-11-7-9(2)5-6-10(11)14/h5-7,17H,4,8H2,1-3H3,(H2,15,16,18). The van der Waals surface area contributed by atoms with Crippen LogP contribution < -0.4 is 10.6 Å². The summed E-state index contributed by atoms with van der Waals surface area (Å²) >= 11 is 3.38. The van der Waals surface area contributed by atoms with Crippen molar-refractivity contribution in [3.05, 3.63) is 28.2 Å². The Bertz CT molecular complexity index is 431. The van der Waals surface area contributed by atoms with Crippen molar-refractivity contribution in [2.24, 2.45) is 0 Å². The summed E-state index contributed by atoms with van der Waals surface area (Å²) in [5.74, 6) is 0. The maximum Gasteiger partial charge on any atom is 0.319 e. The number of carbonyl (C=O) groups excluding carboxylic acids is 1. The SMILES string of the molecule is CCC(C)(CO)NC(=O)Nc1cc(C)ccc1Br. The number of anilines is 1. The Hall–Kier alpha value is -1.07. The molecule has 0 saturated heterocycles. The van der Waals surface area contributed by atoms with Crippen LogP contribution in [0, 0.1) is 6.92 Å². The highest BCUT2D eigenvalue weighted by atomic mass is 79.9. The molecule has 1 aromatic rings. The lowest BCUT2D eigenvalue weighted by Gasteiger charge is -2.27. The summed E-state index contributed by atoms with van der Waals surface area (Å²) in [4.78, 5) is 11.9. The molecule has 0 spiro atoms. The number of rotatable bonds is 4. The molecule has 5 heteroatoms. The molecule has 0 saturated carbocycles. The van der Waals surface area contributed by atoms with Crippen LogP contribution in [0.4, 0.5) is 10.5 Å². The number of aryl methyl sites for hydroxylation is 1. The summed E-state index contributed by atoms with van der Waals surface area (Å²) in [6.45, 7) is 5.59. The van der Waals surface area contributed by atoms with Gasteiger partial charge >= 0.3 is 6.03 Å². The van der Waals surface area contributed by atoms with E-state index in [1.54, 1.807) is 6.92 Å². The van der Waals surface area contributed by atoms with Gasteiger partial charge in [-0.3, -0.25) is 0 Å². The van der Waals surface area contributed by atoms with Gasteiger partial charge in [0.05, 0.1) is 17.8 Å². The van der Waals surface area contributed by atoms with Crippen LogP contribution in [0.15, 0.2) is 22.7 Å². The van der Waals surface area contributed by atoms with Crippen LogP contribution in [0.25, 0.3) is 0 Å². The van der Waals surface area contributed by atoms with Gasteiger partial charge in [-0.15, -0.1) is 0 Å². The van der Waals surface area contributed by atoms with E-state index in [4.69, 9.17) is 0 Å². The first-order chi connectivity index (χ1) is 8.40. The van der Waals surface area contributed by atoms with E-state index < -0.39 is 5.54 Å². The van der Waals surface area contributed by atoms with Gasteiger partial charge in [-0.1, -0.05) is 13.0 Å². The molecular weight excluding hydrogens is 296 g/mol. The lowest BCUT2D eigenvalue weighted by Crippen LogP contribution is -2.50. The number of carbonyl (C=O) groups is 1. The van der Waals surface area contributed by atoms with Crippen molar-refractivity contribution in [3.63, 3.8) is 0 Å². The quantitative estimate of drug-likeness (QED) is 0.800. The summed E-state index contributed by atoms with van der Waals surface area (Å²) < 4.78 is 0.824. The number of benzene rings is 1. The molecule has 3 N–H and O–H groups in total. The molecule has 4 nitrogen and oxygen atoms in total. The van der Waals surface area contributed by atoms with Crippen LogP contribution in [0.2, 0.25) is 0 Å². The Balaban J connectivity index is 2.73. The average molecular weight is 315 g/mol. The molecule has 0 aliphatic rings. The lowest BCUT2D eigenvalue weighted by atomic mass is 10.0. The summed E-state index contributed by atoms with van der Waals surface area (Å²) in [5, 5.41) is 14.8. The van der Waals surface area contributed by atoms with Crippen molar-refractivity contribution in [3.8, 4) is 0 Å². The largest absolute Gasteiger partial charge is 0.394 e. The molecule has 0 bridgehead atoms. The summed E-state index contributed by atoms with van der Waals surface area (Å²) in [6, 6.07) is 5.40. The molecule has 0 fully saturated rings. The fraction of sp³-hybridized carbons (Fsp3) is 0.462. The fourth-order valence-corrected chi connectivity index (χ4v) is 1.75. The highest BCUT2D eigenvalue weighted by Gasteiger charge is 2.23. The molecule has 18 heavy (non-hydrogen) atoms. The molecule has 100 valence electrons. The van der Waals surface area contributed by atoms with Crippen molar-refractivity contribution in [2.45, 2.75) is 32.7 Å². The van der Waals surface area contributed by atoms with E-state index in [9.17, 15) is 9.90 Å². The third-order valence-corrected chi connectivity index (χ3v) is 3.61. The fourth-order valence-electron chi connectivity index (χ4n) is 1.40. The molecule has 2 amide bonds. The molecule has 1 unspecified atom stereocenters. The minimum atomic E-state index is -0.597. The van der Waals surface area contributed by atoms with Crippen LogP contribution in [0.3, 0.4) is 0 Å². The van der Waals surface area contributed by atoms with Crippen LogP contribution in [0.1, 0.15) is 25.8 Å². The summed E-state index contributed by atoms with van der Waals surface area (Å²) in [7, 11) is 0. The second-order valence-corrected chi connectivity index (χ2v) is 5.49. The molecule has 0 radical (unpaired) electrons. The van der Waals surface area contributed by atoms with Crippen molar-refractivity contribution in [2.75, 3.05) is 11.9 Å². The third-order valence-electron chi connectivity index (χ3n) is 2.91. The number of halogens is 1. The Morgan fingerprint density at radius 2 is 2.17 bits per heavy atom. The lowest BCUT2D eigenvalue weighted by molar-refractivity contribution is 0.172. The third kappa shape index (κ3) is 3.99. The van der Waals surface area contributed by atoms with E-state index in [0.29, 0.717) is 12.1 Å². The zero-order valence-corrected chi connectivity index (χ0v) is 12.5. The van der Waals surface area contributed by atoms with Gasteiger partial charge < -0.3 is 15.7 Å². The number of hydrogen-bond acceptors (Lipinski definition) is 2. The minimum absolute atomic E-state index is 0.0914. The van der Waals surface area contributed by atoms with Crippen LogP contribution >= 0.6 is 15.9 Å². The van der Waals surface area contributed by atoms with Crippen LogP contribution in [-0.2, 0) is 0 Å². The molecular formula is C13H19BrN2O2.